The van der Waals surface area contributed by atoms with E-state index in [0.717, 1.165) is 28.2 Å². The van der Waals surface area contributed by atoms with Gasteiger partial charge in [-0.3, -0.25) is 9.59 Å². The predicted octanol–water partition coefficient (Wildman–Crippen LogP) is 6.48. The largest absolute Gasteiger partial charge is 0.501 e. The van der Waals surface area contributed by atoms with Crippen molar-refractivity contribution >= 4 is 66.4 Å². The third-order valence-electron chi connectivity index (χ3n) is 9.98. The molecule has 0 bridgehead atoms. The fraction of sp³-hybridized carbons (Fsp3) is 0.238. The topological polar surface area (TPSA) is 175 Å². The molecule has 0 fully saturated rings. The first-order valence-corrected chi connectivity index (χ1v) is 23.1. The number of hydrogen-bond acceptors (Lipinski definition) is 12. The molecule has 20 heteroatoms. The number of halogens is 3. The van der Waals surface area contributed by atoms with Gasteiger partial charge in [-0.15, -0.1) is 11.8 Å². The molecule has 3 aromatic heterocycles. The van der Waals surface area contributed by atoms with Gasteiger partial charge in [-0.1, -0.05) is 42.5 Å². The highest BCUT2D eigenvalue weighted by atomic mass is 32.2. The van der Waals surface area contributed by atoms with Crippen molar-refractivity contribution in [2.45, 2.75) is 45.6 Å². The van der Waals surface area contributed by atoms with Gasteiger partial charge < -0.3 is 24.8 Å². The zero-order chi connectivity index (χ0) is 44.2. The minimum Gasteiger partial charge on any atom is -0.380 e. The number of imidazole rings is 1. The summed E-state index contributed by atoms with van der Waals surface area (Å²) in [5, 5.41) is 5.77. The van der Waals surface area contributed by atoms with E-state index < -0.39 is 52.8 Å². The number of fused-ring (bicyclic) bond motifs is 2. The molecule has 0 saturated heterocycles. The van der Waals surface area contributed by atoms with Crippen molar-refractivity contribution in [3.05, 3.63) is 138 Å². The van der Waals surface area contributed by atoms with Gasteiger partial charge in [0, 0.05) is 41.5 Å². The second kappa shape index (κ2) is 18.2. The molecule has 1 aliphatic rings. The van der Waals surface area contributed by atoms with E-state index in [1.54, 1.807) is 28.8 Å². The Labute approximate surface area is 360 Å². The Morgan fingerprint density at radius 3 is 2.39 bits per heavy atom. The van der Waals surface area contributed by atoms with Gasteiger partial charge in [-0.25, -0.2) is 31.5 Å². The summed E-state index contributed by atoms with van der Waals surface area (Å²) >= 11 is 1.42. The Hall–Kier alpha value is -5.96. The number of thioether (sulfide) groups is 1. The van der Waals surface area contributed by atoms with Gasteiger partial charge in [-0.2, -0.15) is 13.2 Å². The summed E-state index contributed by atoms with van der Waals surface area (Å²) in [5.41, 5.74) is -3.83. The zero-order valence-electron chi connectivity index (χ0n) is 33.3. The van der Waals surface area contributed by atoms with E-state index in [1.807, 2.05) is 89.4 Å². The summed E-state index contributed by atoms with van der Waals surface area (Å²) in [7, 11) is -7.41. The number of carbonyl (C=O) groups is 2. The molecule has 0 aliphatic carbocycles. The van der Waals surface area contributed by atoms with Gasteiger partial charge in [0.2, 0.25) is 0 Å². The number of amides is 2. The first kappa shape index (κ1) is 44.1. The second-order valence-corrected chi connectivity index (χ2v) is 19.3. The summed E-state index contributed by atoms with van der Waals surface area (Å²) in [4.78, 5) is 38.2. The maximum absolute atomic E-state index is 14.1. The number of carbonyl (C=O) groups excluding carboxylic acids is 2. The molecule has 1 atom stereocenters. The van der Waals surface area contributed by atoms with Crippen molar-refractivity contribution in [2.24, 2.45) is 0 Å². The molecule has 0 spiro atoms. The summed E-state index contributed by atoms with van der Waals surface area (Å²) in [5.74, 6) is -0.582. The predicted molar refractivity (Wildman–Crippen MR) is 231 cm³/mol. The second-order valence-electron chi connectivity index (χ2n) is 14.6. The lowest BCUT2D eigenvalue weighted by Crippen LogP contribution is -2.34. The summed E-state index contributed by atoms with van der Waals surface area (Å²) in [6, 6.07) is 26.2. The van der Waals surface area contributed by atoms with Crippen molar-refractivity contribution < 1.29 is 39.6 Å². The van der Waals surface area contributed by atoms with E-state index in [9.17, 15) is 39.6 Å². The molecule has 3 aromatic carbocycles. The van der Waals surface area contributed by atoms with Crippen LogP contribution in [-0.2, 0) is 32.8 Å². The molecule has 1 aliphatic heterocycles. The number of benzene rings is 3. The summed E-state index contributed by atoms with van der Waals surface area (Å²) in [6.45, 7) is 1.17. The number of nitrogens with one attached hydrogen (secondary N) is 3. The molecule has 6 aromatic rings. The van der Waals surface area contributed by atoms with Crippen LogP contribution in [0, 0.1) is 0 Å². The van der Waals surface area contributed by atoms with Gasteiger partial charge in [0.1, 0.15) is 22.1 Å². The third-order valence-corrected chi connectivity index (χ3v) is 14.0. The lowest BCUT2D eigenvalue weighted by molar-refractivity contribution is -0.0436. The molecular formula is C42H41F3N8O6S3. The van der Waals surface area contributed by atoms with Crippen LogP contribution in [0.5, 0.6) is 0 Å². The number of alkyl halides is 3. The van der Waals surface area contributed by atoms with Crippen LogP contribution in [0.4, 0.5) is 30.5 Å². The summed E-state index contributed by atoms with van der Waals surface area (Å²) < 4.78 is 99.0. The first-order valence-electron chi connectivity index (χ1n) is 19.2. The van der Waals surface area contributed by atoms with E-state index in [4.69, 9.17) is 0 Å². The number of pyridine rings is 2. The van der Waals surface area contributed by atoms with Crippen molar-refractivity contribution in [1.82, 2.24) is 24.0 Å². The van der Waals surface area contributed by atoms with Crippen LogP contribution in [-0.4, -0.2) is 92.4 Å². The number of sulfone groups is 1. The molecule has 14 nitrogen and oxygen atoms in total. The average molecular weight is 907 g/mol. The van der Waals surface area contributed by atoms with Crippen LogP contribution in [0.25, 0.3) is 5.65 Å². The number of sulfonamides is 1. The number of aromatic nitrogens is 3. The van der Waals surface area contributed by atoms with Gasteiger partial charge in [-0.05, 0) is 105 Å². The molecule has 4 heterocycles. The maximum Gasteiger partial charge on any atom is 0.501 e. The Balaban J connectivity index is 1.10. The van der Waals surface area contributed by atoms with Crippen LogP contribution < -0.4 is 20.3 Å². The normalized spacial score (nSPS) is 13.7. The van der Waals surface area contributed by atoms with Crippen molar-refractivity contribution in [3.63, 3.8) is 0 Å². The number of hydrogen-bond donors (Lipinski definition) is 3. The number of rotatable bonds is 15. The molecule has 0 unspecified atom stereocenters. The van der Waals surface area contributed by atoms with Gasteiger partial charge in [0.25, 0.3) is 31.7 Å². The van der Waals surface area contributed by atoms with Crippen molar-refractivity contribution in [2.75, 3.05) is 48.5 Å². The Kier molecular flexibility index (Phi) is 12.9. The standard InChI is InChI=1S/C42H41F3N8O6S3/c1-51(2)22-20-29(27-60-30-11-4-3-5-12-30)46-34-18-17-31(24-36(34)61(56,57)42(43,44)45)62(58,59)50-41(55)35-14-9-16-38(47-35)53-23-19-28-10-8-13-32(33(28)25-53)40(54)49-37-26-52-21-7-6-15-39(52)48-37/h3-18,21,24,26,29,46H,19-20,22-23,25,27H2,1-2H3,(H,49,54)(H,50,55)/t29-/m1/s1. The van der Waals surface area contributed by atoms with Gasteiger partial charge in [0.15, 0.2) is 5.82 Å². The quantitative estimate of drug-likeness (QED) is 0.0959. The molecule has 0 saturated carbocycles. The fourth-order valence-corrected chi connectivity index (χ4v) is 9.81. The molecule has 324 valence electrons. The van der Waals surface area contributed by atoms with Crippen molar-refractivity contribution in [1.29, 1.82) is 0 Å². The summed E-state index contributed by atoms with van der Waals surface area (Å²) in [6.07, 6.45) is 4.44. The van der Waals surface area contributed by atoms with E-state index in [2.05, 4.69) is 20.6 Å². The smallest absolute Gasteiger partial charge is 0.380 e. The highest BCUT2D eigenvalue weighted by Crippen LogP contribution is 2.37. The minimum absolute atomic E-state index is 0.220. The third kappa shape index (κ3) is 10.0. The maximum atomic E-state index is 14.1. The van der Waals surface area contributed by atoms with Crippen LogP contribution in [0.3, 0.4) is 0 Å². The highest BCUT2D eigenvalue weighted by Gasteiger charge is 2.48. The Morgan fingerprint density at radius 1 is 0.887 bits per heavy atom. The van der Waals surface area contributed by atoms with E-state index in [-0.39, 0.29) is 18.1 Å². The van der Waals surface area contributed by atoms with Crippen LogP contribution in [0.15, 0.2) is 130 Å². The van der Waals surface area contributed by atoms with Crippen LogP contribution in [0.1, 0.15) is 38.4 Å². The lowest BCUT2D eigenvalue weighted by Gasteiger charge is -2.31. The molecule has 7 rings (SSSR count). The molecular weight excluding hydrogens is 866 g/mol. The highest BCUT2D eigenvalue weighted by molar-refractivity contribution is 7.99. The van der Waals surface area contributed by atoms with Gasteiger partial charge >= 0.3 is 5.51 Å². The van der Waals surface area contributed by atoms with Crippen molar-refractivity contribution in [3.8, 4) is 0 Å². The Bertz CT molecular complexity index is 2810. The van der Waals surface area contributed by atoms with Crippen LogP contribution in [0.2, 0.25) is 0 Å². The zero-order valence-corrected chi connectivity index (χ0v) is 35.8. The van der Waals surface area contributed by atoms with Crippen LogP contribution >= 0.6 is 11.8 Å². The average Bonchev–Trinajstić information content (AvgIpc) is 3.66. The number of anilines is 3. The lowest BCUT2D eigenvalue weighted by atomic mass is 9.94. The monoisotopic (exact) mass is 906 g/mol. The molecule has 2 amide bonds. The molecule has 3 N–H and O–H groups in total. The number of nitrogens with zero attached hydrogens (tertiary/aromatic N) is 5. The van der Waals surface area contributed by atoms with E-state index in [0.29, 0.717) is 60.6 Å². The minimum atomic E-state index is -6.09. The first-order chi connectivity index (χ1) is 29.5. The Morgan fingerprint density at radius 2 is 1.65 bits per heavy atom. The van der Waals surface area contributed by atoms with E-state index >= 15 is 0 Å². The fourth-order valence-electron chi connectivity index (χ4n) is 6.81. The molecule has 62 heavy (non-hydrogen) atoms. The molecule has 0 radical (unpaired) electrons. The van der Waals surface area contributed by atoms with E-state index in [1.165, 1.54) is 23.9 Å². The SMILES string of the molecule is CN(C)CC[C@H](CSc1ccccc1)Nc1ccc(S(=O)(=O)NC(=O)c2cccc(N3CCc4cccc(C(=O)Nc5cn6ccccc6n5)c4C3)n2)cc1S(=O)(=O)C(F)(F)F. The van der Waals surface area contributed by atoms with Gasteiger partial charge in [0.05, 0.1) is 16.8 Å².